The first kappa shape index (κ1) is 11.7. The minimum atomic E-state index is -0.127. The van der Waals surface area contributed by atoms with E-state index in [2.05, 4.69) is 13.2 Å². The molecule has 10 heavy (non-hydrogen) atoms. The minimum Gasteiger partial charge on any atom is -0.491 e. The molecule has 0 amide bonds. The Kier molecular flexibility index (Phi) is 7.12. The quantitative estimate of drug-likeness (QED) is 0.443. The summed E-state index contributed by atoms with van der Waals surface area (Å²) in [5.74, 6) is 0.420. The highest BCUT2D eigenvalue weighted by atomic mass is 16.5. The monoisotopic (exact) mass is 142 g/mol. The maximum Gasteiger partial charge on any atom is 0.192 e. The smallest absolute Gasteiger partial charge is 0.192 e. The Bertz CT molecular complexity index is 136. The average molecular weight is 142 g/mol. The normalized spacial score (nSPS) is 7.30. The lowest BCUT2D eigenvalue weighted by Crippen LogP contribution is -2.02. The summed E-state index contributed by atoms with van der Waals surface area (Å²) in [6.45, 7) is 8.48. The van der Waals surface area contributed by atoms with E-state index < -0.39 is 0 Å². The third kappa shape index (κ3) is 6.95. The predicted molar refractivity (Wildman–Crippen MR) is 42.7 cm³/mol. The summed E-state index contributed by atoms with van der Waals surface area (Å²) < 4.78 is 4.78. The number of carbonyl (C=O) groups is 1. The number of ketones is 1. The number of rotatable bonds is 4. The van der Waals surface area contributed by atoms with E-state index in [0.717, 1.165) is 0 Å². The van der Waals surface area contributed by atoms with Crippen molar-refractivity contribution >= 4 is 5.78 Å². The average Bonchev–Trinajstić information content (AvgIpc) is 1.83. The predicted octanol–water partition coefficient (Wildman–Crippen LogP) is 1.93. The van der Waals surface area contributed by atoms with Crippen molar-refractivity contribution in [3.05, 3.63) is 25.0 Å². The standard InChI is InChI=1S/C7H10O2.CH4/c1-4-7(8)5-9-6(2)3;/h4H,1-2,5H2,3H3;1H4. The van der Waals surface area contributed by atoms with E-state index >= 15 is 0 Å². The molecule has 0 aliphatic heterocycles. The van der Waals surface area contributed by atoms with Crippen LogP contribution in [0.4, 0.5) is 0 Å². The van der Waals surface area contributed by atoms with E-state index in [1.54, 1.807) is 6.92 Å². The van der Waals surface area contributed by atoms with Crippen LogP contribution in [0.2, 0.25) is 0 Å². The molecule has 2 heteroatoms. The van der Waals surface area contributed by atoms with Crippen LogP contribution in [0.3, 0.4) is 0 Å². The van der Waals surface area contributed by atoms with Gasteiger partial charge in [0, 0.05) is 0 Å². The van der Waals surface area contributed by atoms with Crippen LogP contribution in [0, 0.1) is 0 Å². The Hall–Kier alpha value is -1.05. The molecular weight excluding hydrogens is 128 g/mol. The third-order valence-electron chi connectivity index (χ3n) is 0.688. The van der Waals surface area contributed by atoms with Gasteiger partial charge in [0.05, 0.1) is 5.76 Å². The van der Waals surface area contributed by atoms with Gasteiger partial charge in [-0.3, -0.25) is 4.79 Å². The van der Waals surface area contributed by atoms with Gasteiger partial charge in [-0.2, -0.15) is 0 Å². The van der Waals surface area contributed by atoms with Gasteiger partial charge < -0.3 is 4.74 Å². The van der Waals surface area contributed by atoms with Crippen molar-refractivity contribution in [3.63, 3.8) is 0 Å². The SMILES string of the molecule is C.C=CC(=O)COC(=C)C. The summed E-state index contributed by atoms with van der Waals surface area (Å²) in [5, 5.41) is 0. The van der Waals surface area contributed by atoms with Crippen LogP contribution >= 0.6 is 0 Å². The van der Waals surface area contributed by atoms with Crippen LogP contribution in [0.25, 0.3) is 0 Å². The summed E-state index contributed by atoms with van der Waals surface area (Å²) >= 11 is 0. The van der Waals surface area contributed by atoms with Gasteiger partial charge in [0.1, 0.15) is 6.61 Å². The van der Waals surface area contributed by atoms with E-state index in [4.69, 9.17) is 4.74 Å². The third-order valence-corrected chi connectivity index (χ3v) is 0.688. The fraction of sp³-hybridized carbons (Fsp3) is 0.375. The Morgan fingerprint density at radius 1 is 1.70 bits per heavy atom. The van der Waals surface area contributed by atoms with Gasteiger partial charge in [-0.25, -0.2) is 0 Å². The molecule has 0 atom stereocenters. The second-order valence-corrected chi connectivity index (χ2v) is 1.66. The Morgan fingerprint density at radius 3 is 2.50 bits per heavy atom. The van der Waals surface area contributed by atoms with Crippen molar-refractivity contribution in [2.24, 2.45) is 0 Å². The molecule has 0 saturated heterocycles. The summed E-state index contributed by atoms with van der Waals surface area (Å²) in [5.41, 5.74) is 0. The van der Waals surface area contributed by atoms with Gasteiger partial charge in [-0.05, 0) is 13.0 Å². The number of ether oxygens (including phenoxy) is 1. The topological polar surface area (TPSA) is 26.3 Å². The zero-order chi connectivity index (χ0) is 7.28. The van der Waals surface area contributed by atoms with Crippen LogP contribution in [0.1, 0.15) is 14.4 Å². The van der Waals surface area contributed by atoms with Gasteiger partial charge >= 0.3 is 0 Å². The number of hydrogen-bond donors (Lipinski definition) is 0. The first-order chi connectivity index (χ1) is 4.16. The molecule has 0 aromatic heterocycles. The van der Waals surface area contributed by atoms with E-state index in [1.807, 2.05) is 0 Å². The second kappa shape index (κ2) is 6.08. The minimum absolute atomic E-state index is 0. The van der Waals surface area contributed by atoms with Crippen LogP contribution in [-0.4, -0.2) is 12.4 Å². The molecule has 58 valence electrons. The van der Waals surface area contributed by atoms with Crippen LogP contribution < -0.4 is 0 Å². The lowest BCUT2D eigenvalue weighted by Gasteiger charge is -1.99. The van der Waals surface area contributed by atoms with Crippen molar-refractivity contribution < 1.29 is 9.53 Å². The summed E-state index contributed by atoms with van der Waals surface area (Å²) in [6.07, 6.45) is 1.23. The first-order valence-electron chi connectivity index (χ1n) is 2.60. The summed E-state index contributed by atoms with van der Waals surface area (Å²) in [7, 11) is 0. The van der Waals surface area contributed by atoms with E-state index in [9.17, 15) is 4.79 Å². The molecule has 0 radical (unpaired) electrons. The maximum absolute atomic E-state index is 10.4. The molecule has 0 heterocycles. The lowest BCUT2D eigenvalue weighted by atomic mass is 10.4. The molecule has 0 fully saturated rings. The molecule has 0 bridgehead atoms. The van der Waals surface area contributed by atoms with Gasteiger partial charge in [0.15, 0.2) is 5.78 Å². The van der Waals surface area contributed by atoms with E-state index in [-0.39, 0.29) is 19.8 Å². The van der Waals surface area contributed by atoms with Crippen molar-refractivity contribution in [2.75, 3.05) is 6.61 Å². The van der Waals surface area contributed by atoms with Crippen LogP contribution in [0.5, 0.6) is 0 Å². The van der Waals surface area contributed by atoms with Crippen LogP contribution in [-0.2, 0) is 9.53 Å². The van der Waals surface area contributed by atoms with Gasteiger partial charge in [0.2, 0.25) is 0 Å². The molecule has 2 nitrogen and oxygen atoms in total. The molecule has 0 N–H and O–H groups in total. The molecule has 0 unspecified atom stereocenters. The summed E-state index contributed by atoms with van der Waals surface area (Å²) in [6, 6.07) is 0. The largest absolute Gasteiger partial charge is 0.491 e. The Morgan fingerprint density at radius 2 is 2.20 bits per heavy atom. The molecule has 0 saturated carbocycles. The van der Waals surface area contributed by atoms with Crippen molar-refractivity contribution in [1.82, 2.24) is 0 Å². The molecule has 0 aromatic rings. The highest BCUT2D eigenvalue weighted by Gasteiger charge is 1.93. The number of hydrogen-bond acceptors (Lipinski definition) is 2. The van der Waals surface area contributed by atoms with Gasteiger partial charge in [-0.15, -0.1) is 0 Å². The zero-order valence-electron chi connectivity index (χ0n) is 5.52. The zero-order valence-corrected chi connectivity index (χ0v) is 5.52. The lowest BCUT2D eigenvalue weighted by molar-refractivity contribution is -0.117. The number of carbonyl (C=O) groups excluding carboxylic acids is 1. The highest BCUT2D eigenvalue weighted by molar-refractivity contribution is 5.90. The molecule has 0 aliphatic carbocycles. The first-order valence-corrected chi connectivity index (χ1v) is 2.60. The van der Waals surface area contributed by atoms with Crippen LogP contribution in [0.15, 0.2) is 25.0 Å². The second-order valence-electron chi connectivity index (χ2n) is 1.66. The van der Waals surface area contributed by atoms with E-state index in [0.29, 0.717) is 5.76 Å². The van der Waals surface area contributed by atoms with Crippen molar-refractivity contribution in [2.45, 2.75) is 14.4 Å². The number of allylic oxidation sites excluding steroid dienone is 1. The molecular formula is C8H14O2. The Labute approximate surface area is 62.2 Å². The van der Waals surface area contributed by atoms with Crippen molar-refractivity contribution in [3.8, 4) is 0 Å². The van der Waals surface area contributed by atoms with E-state index in [1.165, 1.54) is 6.08 Å². The molecule has 0 aliphatic rings. The molecule has 0 spiro atoms. The van der Waals surface area contributed by atoms with Gasteiger partial charge in [0.25, 0.3) is 0 Å². The molecule has 0 aromatic carbocycles. The van der Waals surface area contributed by atoms with Gasteiger partial charge in [-0.1, -0.05) is 20.6 Å². The van der Waals surface area contributed by atoms with Crippen molar-refractivity contribution in [1.29, 1.82) is 0 Å². The summed E-state index contributed by atoms with van der Waals surface area (Å²) in [4.78, 5) is 10.4. The fourth-order valence-electron chi connectivity index (χ4n) is 0.253. The Balaban J connectivity index is 0. The maximum atomic E-state index is 10.4. The molecule has 0 rings (SSSR count). The fourth-order valence-corrected chi connectivity index (χ4v) is 0.253. The highest BCUT2D eigenvalue weighted by Crippen LogP contribution is 1.89.